The maximum Gasteiger partial charge on any atom is 0.254 e. The number of rotatable bonds is 7. The average molecular weight is 559 g/mol. The van der Waals surface area contributed by atoms with Crippen molar-refractivity contribution in [1.29, 1.82) is 0 Å². The van der Waals surface area contributed by atoms with E-state index in [0.717, 1.165) is 17.5 Å². The highest BCUT2D eigenvalue weighted by Crippen LogP contribution is 2.46. The fourth-order valence-electron chi connectivity index (χ4n) is 6.30. The van der Waals surface area contributed by atoms with Crippen LogP contribution in [0, 0.1) is 0 Å². The van der Waals surface area contributed by atoms with Crippen LogP contribution in [0.5, 0.6) is 0 Å². The van der Waals surface area contributed by atoms with E-state index in [-0.39, 0.29) is 29.4 Å². The van der Waals surface area contributed by atoms with Gasteiger partial charge in [-0.25, -0.2) is 0 Å². The lowest BCUT2D eigenvalue weighted by Crippen LogP contribution is -2.53. The van der Waals surface area contributed by atoms with E-state index in [0.29, 0.717) is 42.8 Å². The summed E-state index contributed by atoms with van der Waals surface area (Å²) < 4.78 is 0. The van der Waals surface area contributed by atoms with Gasteiger partial charge in [-0.05, 0) is 72.6 Å². The Bertz CT molecular complexity index is 1340. The van der Waals surface area contributed by atoms with Gasteiger partial charge >= 0.3 is 0 Å². The van der Waals surface area contributed by atoms with Crippen LogP contribution in [0.1, 0.15) is 91.0 Å². The summed E-state index contributed by atoms with van der Waals surface area (Å²) in [6, 6.07) is 23.1. The molecule has 2 N–H and O–H groups in total. The van der Waals surface area contributed by atoms with Crippen molar-refractivity contribution in [3.63, 3.8) is 0 Å². The second-order valence-electron chi connectivity index (χ2n) is 11.9. The fraction of sp³-hybridized carbons (Fsp3) is 0.412. The molecular weight excluding hydrogens is 520 g/mol. The monoisotopic (exact) mass is 558 g/mol. The summed E-state index contributed by atoms with van der Waals surface area (Å²) in [6.45, 7) is 6.89. The fourth-order valence-corrected chi connectivity index (χ4v) is 6.42. The summed E-state index contributed by atoms with van der Waals surface area (Å²) in [5, 5.41) is 14.1. The topological polar surface area (TPSA) is 69.6 Å². The second-order valence-corrected chi connectivity index (χ2v) is 12.3. The molecule has 3 aromatic carbocycles. The summed E-state index contributed by atoms with van der Waals surface area (Å²) >= 11 is 6.25. The van der Waals surface area contributed by atoms with E-state index in [1.807, 2.05) is 53.4 Å². The highest BCUT2D eigenvalue weighted by molar-refractivity contribution is 6.30. The number of hydrogen-bond donors (Lipinski definition) is 2. The molecule has 0 bridgehead atoms. The molecule has 0 spiro atoms. The van der Waals surface area contributed by atoms with E-state index in [1.165, 1.54) is 11.1 Å². The zero-order chi connectivity index (χ0) is 28.4. The molecule has 6 heteroatoms. The van der Waals surface area contributed by atoms with E-state index in [4.69, 9.17) is 11.6 Å². The van der Waals surface area contributed by atoms with Gasteiger partial charge in [0.05, 0.1) is 18.1 Å². The Hall–Kier alpha value is -3.15. The first-order valence-electron chi connectivity index (χ1n) is 14.4. The summed E-state index contributed by atoms with van der Waals surface area (Å²) in [5.74, 6) is -0.739. The molecule has 1 aliphatic carbocycles. The lowest BCUT2D eigenvalue weighted by molar-refractivity contribution is -0.124. The summed E-state index contributed by atoms with van der Waals surface area (Å²) in [6.07, 6.45) is 3.34. The minimum Gasteiger partial charge on any atom is -0.393 e. The summed E-state index contributed by atoms with van der Waals surface area (Å²) in [7, 11) is 0. The molecule has 1 saturated carbocycles. The number of fused-ring (bicyclic) bond motifs is 1. The molecule has 5 rings (SSSR count). The zero-order valence-corrected chi connectivity index (χ0v) is 24.3. The molecule has 0 aromatic heterocycles. The molecule has 40 heavy (non-hydrogen) atoms. The lowest BCUT2D eigenvalue weighted by Gasteiger charge is -2.47. The minimum absolute atomic E-state index is 0.0580. The molecule has 2 amide bonds. The van der Waals surface area contributed by atoms with E-state index >= 15 is 0 Å². The van der Waals surface area contributed by atoms with Gasteiger partial charge in [-0.1, -0.05) is 87.0 Å². The van der Waals surface area contributed by atoms with Gasteiger partial charge in [-0.3, -0.25) is 9.59 Å². The van der Waals surface area contributed by atoms with Crippen LogP contribution >= 0.6 is 11.6 Å². The predicted molar refractivity (Wildman–Crippen MR) is 160 cm³/mol. The number of amides is 2. The first-order chi connectivity index (χ1) is 19.2. The van der Waals surface area contributed by atoms with Crippen molar-refractivity contribution in [2.45, 2.75) is 82.4 Å². The van der Waals surface area contributed by atoms with Crippen molar-refractivity contribution < 1.29 is 14.7 Å². The molecule has 0 radical (unpaired) electrons. The van der Waals surface area contributed by atoms with Crippen LogP contribution in [-0.2, 0) is 16.6 Å². The van der Waals surface area contributed by atoms with Gasteiger partial charge in [0.2, 0.25) is 5.91 Å². The lowest BCUT2D eigenvalue weighted by atomic mass is 9.76. The second kappa shape index (κ2) is 11.8. The number of aliphatic hydroxyl groups excluding tert-OH is 1. The van der Waals surface area contributed by atoms with E-state index in [1.54, 1.807) is 0 Å². The third kappa shape index (κ3) is 5.68. The normalized spacial score (nSPS) is 23.0. The molecule has 3 aromatic rings. The molecule has 2 atom stereocenters. The van der Waals surface area contributed by atoms with Crippen molar-refractivity contribution >= 4 is 23.4 Å². The Morgan fingerprint density at radius 2 is 1.62 bits per heavy atom. The Labute approximate surface area is 242 Å². The van der Waals surface area contributed by atoms with Gasteiger partial charge in [-0.2, -0.15) is 0 Å². The third-order valence-electron chi connectivity index (χ3n) is 8.78. The third-order valence-corrected chi connectivity index (χ3v) is 9.03. The van der Waals surface area contributed by atoms with Gasteiger partial charge in [0.1, 0.15) is 0 Å². The van der Waals surface area contributed by atoms with Crippen LogP contribution < -0.4 is 5.32 Å². The van der Waals surface area contributed by atoms with Crippen molar-refractivity contribution in [3.05, 3.63) is 106 Å². The molecule has 1 aliphatic heterocycles. The molecular formula is C34H39ClN2O3. The molecule has 2 aliphatic rings. The number of aliphatic hydroxyl groups is 1. The zero-order valence-electron chi connectivity index (χ0n) is 23.6. The number of aryl methyl sites for hydroxylation is 1. The highest BCUT2D eigenvalue weighted by Gasteiger charge is 2.47. The first-order valence-corrected chi connectivity index (χ1v) is 14.8. The van der Waals surface area contributed by atoms with Crippen molar-refractivity contribution in [2.24, 2.45) is 0 Å². The van der Waals surface area contributed by atoms with E-state index in [2.05, 4.69) is 50.4 Å². The van der Waals surface area contributed by atoms with Gasteiger partial charge in [0, 0.05) is 28.6 Å². The number of halogens is 1. The van der Waals surface area contributed by atoms with Crippen LogP contribution in [0.25, 0.3) is 0 Å². The number of benzene rings is 3. The number of nitrogens with one attached hydrogen (secondary N) is 1. The Morgan fingerprint density at radius 3 is 2.27 bits per heavy atom. The molecule has 1 fully saturated rings. The van der Waals surface area contributed by atoms with Crippen LogP contribution in [-0.4, -0.2) is 40.5 Å². The largest absolute Gasteiger partial charge is 0.393 e. The summed E-state index contributed by atoms with van der Waals surface area (Å²) in [5.41, 5.74) is 4.39. The van der Waals surface area contributed by atoms with E-state index < -0.39 is 12.0 Å². The molecule has 5 nitrogen and oxygen atoms in total. The van der Waals surface area contributed by atoms with Crippen LogP contribution in [0.3, 0.4) is 0 Å². The number of carbonyl (C=O) groups is 2. The molecule has 0 unspecified atom stereocenters. The van der Waals surface area contributed by atoms with Gasteiger partial charge in [-0.15, -0.1) is 0 Å². The van der Waals surface area contributed by atoms with Crippen molar-refractivity contribution in [2.75, 3.05) is 6.54 Å². The standard InChI is InChI=1S/C34H39ClN2O3/c1-4-22-9-13-24(14-10-22)34(2,3)21-36-32(39)30-28-7-5-6-8-29(28)33(40)37(26-17-19-27(38)20-18-26)31(30)23-11-15-25(35)16-12-23/h5-16,26-27,30-31,38H,4,17-21H2,1-3H3,(H,36,39)/t26-,27-,30-,31+/m1/s1. The highest BCUT2D eigenvalue weighted by atomic mass is 35.5. The first kappa shape index (κ1) is 28.4. The number of hydrogen-bond acceptors (Lipinski definition) is 3. The minimum atomic E-state index is -0.583. The predicted octanol–water partition coefficient (Wildman–Crippen LogP) is 6.58. The molecule has 0 saturated heterocycles. The van der Waals surface area contributed by atoms with Gasteiger partial charge < -0.3 is 15.3 Å². The van der Waals surface area contributed by atoms with Crippen LogP contribution in [0.4, 0.5) is 0 Å². The molecule has 1 heterocycles. The Morgan fingerprint density at radius 1 is 0.975 bits per heavy atom. The van der Waals surface area contributed by atoms with Crippen LogP contribution in [0.15, 0.2) is 72.8 Å². The average Bonchev–Trinajstić information content (AvgIpc) is 2.97. The Balaban J connectivity index is 1.52. The van der Waals surface area contributed by atoms with E-state index in [9.17, 15) is 14.7 Å². The maximum absolute atomic E-state index is 14.3. The van der Waals surface area contributed by atoms with Crippen molar-refractivity contribution in [1.82, 2.24) is 10.2 Å². The molecule has 210 valence electrons. The SMILES string of the molecule is CCc1ccc(C(C)(C)CNC(=O)[C@@H]2c3ccccc3C(=O)N([C@H]3CC[C@H](O)CC3)[C@H]2c2ccc(Cl)cc2)cc1. The quantitative estimate of drug-likeness (QED) is 0.344. The van der Waals surface area contributed by atoms with Gasteiger partial charge in [0.15, 0.2) is 0 Å². The smallest absolute Gasteiger partial charge is 0.254 e. The van der Waals surface area contributed by atoms with Gasteiger partial charge in [0.25, 0.3) is 5.91 Å². The van der Waals surface area contributed by atoms with Crippen LogP contribution in [0.2, 0.25) is 5.02 Å². The number of carbonyl (C=O) groups excluding carboxylic acids is 2. The maximum atomic E-state index is 14.3. The number of nitrogens with zero attached hydrogens (tertiary/aromatic N) is 1. The summed E-state index contributed by atoms with van der Waals surface area (Å²) in [4.78, 5) is 30.3. The Kier molecular flexibility index (Phi) is 8.34. The van der Waals surface area contributed by atoms with Crippen molar-refractivity contribution in [3.8, 4) is 0 Å².